The topological polar surface area (TPSA) is 80.8 Å². The first-order chi connectivity index (χ1) is 14.9. The van der Waals surface area contributed by atoms with Gasteiger partial charge in [-0.15, -0.1) is 0 Å². The van der Waals surface area contributed by atoms with Crippen molar-refractivity contribution >= 4 is 45.2 Å². The van der Waals surface area contributed by atoms with E-state index in [0.717, 1.165) is 23.7 Å². The molecule has 4 unspecified atom stereocenters. The van der Waals surface area contributed by atoms with Gasteiger partial charge in [-0.25, -0.2) is 4.79 Å². The number of ketones is 1. The third kappa shape index (κ3) is 3.41. The van der Waals surface area contributed by atoms with Gasteiger partial charge in [-0.3, -0.25) is 19.3 Å². The molecule has 1 saturated heterocycles. The fourth-order valence-corrected chi connectivity index (χ4v) is 5.61. The molecule has 0 N–H and O–H groups in total. The Hall–Kier alpha value is -2.80. The number of nitrogens with zero attached hydrogens (tertiary/aromatic N) is 1. The van der Waals surface area contributed by atoms with Crippen molar-refractivity contribution in [1.29, 1.82) is 0 Å². The SMILES string of the molecule is O=C(COC(=O)c1ccc(N2C(=O)C3C4CCC(C4)C3C2=O)cc1)c1ccc(Br)cc1. The minimum atomic E-state index is -0.633. The van der Waals surface area contributed by atoms with Crippen molar-refractivity contribution in [2.45, 2.75) is 19.3 Å². The van der Waals surface area contributed by atoms with Crippen molar-refractivity contribution in [3.05, 3.63) is 64.1 Å². The second-order valence-corrected chi connectivity index (χ2v) is 9.37. The van der Waals surface area contributed by atoms with E-state index in [0.29, 0.717) is 23.1 Å². The standard InChI is InChI=1S/C24H20BrNO5/c25-17-7-3-13(4-8-17)19(27)12-31-24(30)14-5-9-18(10-6-14)26-22(28)20-15-1-2-16(11-15)21(20)23(26)29/h3-10,15-16,20-21H,1-2,11-12H2. The van der Waals surface area contributed by atoms with Crippen LogP contribution in [-0.4, -0.2) is 30.2 Å². The molecule has 0 aromatic heterocycles. The number of hydrogen-bond acceptors (Lipinski definition) is 5. The molecule has 1 aliphatic heterocycles. The summed E-state index contributed by atoms with van der Waals surface area (Å²) in [5.74, 6) is -0.864. The van der Waals surface area contributed by atoms with Crippen LogP contribution in [0, 0.1) is 23.7 Å². The number of benzene rings is 2. The number of fused-ring (bicyclic) bond motifs is 5. The van der Waals surface area contributed by atoms with Crippen LogP contribution in [0.4, 0.5) is 5.69 Å². The van der Waals surface area contributed by atoms with Crippen LogP contribution in [0.3, 0.4) is 0 Å². The molecule has 158 valence electrons. The van der Waals surface area contributed by atoms with Gasteiger partial charge in [-0.2, -0.15) is 0 Å². The lowest BCUT2D eigenvalue weighted by Crippen LogP contribution is -2.32. The summed E-state index contributed by atoms with van der Waals surface area (Å²) in [4.78, 5) is 51.6. The molecule has 2 amide bonds. The van der Waals surface area contributed by atoms with E-state index in [9.17, 15) is 19.2 Å². The number of anilines is 1. The van der Waals surface area contributed by atoms with Gasteiger partial charge in [0.15, 0.2) is 12.4 Å². The molecule has 3 aliphatic rings. The number of Topliss-reactive ketones (excluding diaryl/α,β-unsaturated/α-hetero) is 1. The first kappa shape index (κ1) is 20.1. The summed E-state index contributed by atoms with van der Waals surface area (Å²) in [7, 11) is 0. The zero-order chi connectivity index (χ0) is 21.7. The molecule has 6 nitrogen and oxygen atoms in total. The third-order valence-electron chi connectivity index (χ3n) is 6.79. The summed E-state index contributed by atoms with van der Waals surface area (Å²) in [5, 5.41) is 0. The van der Waals surface area contributed by atoms with Crippen LogP contribution in [0.15, 0.2) is 53.0 Å². The minimum Gasteiger partial charge on any atom is -0.454 e. The molecule has 7 heteroatoms. The minimum absolute atomic E-state index is 0.113. The van der Waals surface area contributed by atoms with Crippen LogP contribution in [-0.2, 0) is 14.3 Å². The van der Waals surface area contributed by atoms with Gasteiger partial charge in [0.05, 0.1) is 23.1 Å². The summed E-state index contributed by atoms with van der Waals surface area (Å²) >= 11 is 3.31. The summed E-state index contributed by atoms with van der Waals surface area (Å²) in [6.45, 7) is -0.364. The molecule has 0 radical (unpaired) electrons. The summed E-state index contributed by atoms with van der Waals surface area (Å²) in [5.41, 5.74) is 1.19. The van der Waals surface area contributed by atoms with E-state index in [1.165, 1.54) is 17.0 Å². The largest absolute Gasteiger partial charge is 0.454 e. The fraction of sp³-hybridized carbons (Fsp3) is 0.333. The lowest BCUT2D eigenvalue weighted by molar-refractivity contribution is -0.123. The van der Waals surface area contributed by atoms with Gasteiger partial charge in [0.1, 0.15) is 0 Å². The van der Waals surface area contributed by atoms with E-state index < -0.39 is 5.97 Å². The molecule has 2 aliphatic carbocycles. The Bertz CT molecular complexity index is 1050. The summed E-state index contributed by atoms with van der Waals surface area (Å²) in [6, 6.07) is 13.0. The van der Waals surface area contributed by atoms with Crippen LogP contribution in [0.2, 0.25) is 0 Å². The van der Waals surface area contributed by atoms with Gasteiger partial charge in [0.25, 0.3) is 0 Å². The van der Waals surface area contributed by atoms with Crippen LogP contribution in [0.1, 0.15) is 40.0 Å². The highest BCUT2D eigenvalue weighted by Crippen LogP contribution is 2.56. The molecular weight excluding hydrogens is 462 g/mol. The van der Waals surface area contributed by atoms with Crippen LogP contribution < -0.4 is 4.90 Å². The Balaban J connectivity index is 1.24. The number of amides is 2. The van der Waals surface area contributed by atoms with E-state index in [4.69, 9.17) is 4.74 Å². The number of esters is 1. The quantitative estimate of drug-likeness (QED) is 0.365. The Morgan fingerprint density at radius 1 is 0.871 bits per heavy atom. The predicted octanol–water partition coefficient (Wildman–Crippen LogP) is 4.02. The smallest absolute Gasteiger partial charge is 0.338 e. The number of halogens is 1. The first-order valence-corrected chi connectivity index (χ1v) is 11.2. The van der Waals surface area contributed by atoms with Crippen LogP contribution in [0.25, 0.3) is 0 Å². The number of rotatable bonds is 5. The second-order valence-electron chi connectivity index (χ2n) is 8.45. The Labute approximate surface area is 187 Å². The van der Waals surface area contributed by atoms with E-state index in [2.05, 4.69) is 15.9 Å². The maximum atomic E-state index is 12.9. The number of hydrogen-bond donors (Lipinski definition) is 0. The van der Waals surface area contributed by atoms with Gasteiger partial charge in [-0.05, 0) is 67.5 Å². The molecule has 4 atom stereocenters. The monoisotopic (exact) mass is 481 g/mol. The molecule has 3 fully saturated rings. The molecule has 5 rings (SSSR count). The number of carbonyl (C=O) groups excluding carboxylic acids is 4. The van der Waals surface area contributed by atoms with Crippen molar-refractivity contribution in [1.82, 2.24) is 0 Å². The fourth-order valence-electron chi connectivity index (χ4n) is 5.34. The molecule has 1 heterocycles. The van der Waals surface area contributed by atoms with Gasteiger partial charge in [0, 0.05) is 10.0 Å². The molecule has 2 aromatic rings. The van der Waals surface area contributed by atoms with Crippen molar-refractivity contribution in [2.24, 2.45) is 23.7 Å². The maximum Gasteiger partial charge on any atom is 0.338 e. The molecule has 2 aromatic carbocycles. The van der Waals surface area contributed by atoms with Gasteiger partial charge in [-0.1, -0.05) is 28.1 Å². The second kappa shape index (κ2) is 7.71. The van der Waals surface area contributed by atoms with Crippen LogP contribution >= 0.6 is 15.9 Å². The molecule has 31 heavy (non-hydrogen) atoms. The Morgan fingerprint density at radius 3 is 2.00 bits per heavy atom. The molecule has 2 saturated carbocycles. The Kier molecular flexibility index (Phi) is 5.01. The average molecular weight is 482 g/mol. The van der Waals surface area contributed by atoms with Gasteiger partial charge < -0.3 is 4.74 Å². The molecule has 2 bridgehead atoms. The average Bonchev–Trinajstić information content (AvgIpc) is 3.46. The van der Waals surface area contributed by atoms with Crippen molar-refractivity contribution in [3.63, 3.8) is 0 Å². The third-order valence-corrected chi connectivity index (χ3v) is 7.32. The maximum absolute atomic E-state index is 12.9. The van der Waals surface area contributed by atoms with Gasteiger partial charge in [0.2, 0.25) is 11.8 Å². The summed E-state index contributed by atoms with van der Waals surface area (Å²) < 4.78 is 5.99. The highest BCUT2D eigenvalue weighted by molar-refractivity contribution is 9.10. The zero-order valence-electron chi connectivity index (χ0n) is 16.6. The van der Waals surface area contributed by atoms with Crippen LogP contribution in [0.5, 0.6) is 0 Å². The molecular formula is C24H20BrNO5. The summed E-state index contributed by atoms with van der Waals surface area (Å²) in [6.07, 6.45) is 3.05. The normalized spacial score (nSPS) is 26.3. The zero-order valence-corrected chi connectivity index (χ0v) is 18.2. The Morgan fingerprint density at radius 2 is 1.42 bits per heavy atom. The van der Waals surface area contributed by atoms with Crippen molar-refractivity contribution < 1.29 is 23.9 Å². The van der Waals surface area contributed by atoms with E-state index >= 15 is 0 Å². The van der Waals surface area contributed by atoms with E-state index in [1.807, 2.05) is 0 Å². The van der Waals surface area contributed by atoms with E-state index in [1.54, 1.807) is 36.4 Å². The molecule has 0 spiro atoms. The predicted molar refractivity (Wildman–Crippen MR) is 116 cm³/mol. The highest BCUT2D eigenvalue weighted by atomic mass is 79.9. The van der Waals surface area contributed by atoms with Gasteiger partial charge >= 0.3 is 5.97 Å². The van der Waals surface area contributed by atoms with Crippen molar-refractivity contribution in [2.75, 3.05) is 11.5 Å². The number of ether oxygens (including phenoxy) is 1. The van der Waals surface area contributed by atoms with Crippen molar-refractivity contribution in [3.8, 4) is 0 Å². The van der Waals surface area contributed by atoms with E-state index in [-0.39, 0.29) is 41.6 Å². The number of carbonyl (C=O) groups is 4. The number of imide groups is 1. The first-order valence-electron chi connectivity index (χ1n) is 10.4. The lowest BCUT2D eigenvalue weighted by atomic mass is 9.81. The lowest BCUT2D eigenvalue weighted by Gasteiger charge is -2.19. The highest BCUT2D eigenvalue weighted by Gasteiger charge is 2.61.